The second-order valence-corrected chi connectivity index (χ2v) is 10.6. The van der Waals surface area contributed by atoms with E-state index in [0.29, 0.717) is 47.7 Å². The molecule has 7 nitrogen and oxygen atoms in total. The Hall–Kier alpha value is -3.48. The van der Waals surface area contributed by atoms with E-state index in [1.54, 1.807) is 10.6 Å². The van der Waals surface area contributed by atoms with E-state index in [-0.39, 0.29) is 18.0 Å². The molecule has 37 heavy (non-hydrogen) atoms. The van der Waals surface area contributed by atoms with Gasteiger partial charge in [0.25, 0.3) is 5.56 Å². The molecule has 0 atom stereocenters. The molecule has 0 bridgehead atoms. The number of rotatable bonds is 11. The van der Waals surface area contributed by atoms with Crippen LogP contribution in [0.1, 0.15) is 65.6 Å². The zero-order valence-electron chi connectivity index (χ0n) is 22.9. The van der Waals surface area contributed by atoms with Crippen molar-refractivity contribution in [3.8, 4) is 11.5 Å². The van der Waals surface area contributed by atoms with Crippen LogP contribution in [-0.2, 0) is 24.4 Å². The van der Waals surface area contributed by atoms with Gasteiger partial charge in [0, 0.05) is 11.9 Å². The first kappa shape index (κ1) is 28.1. The molecule has 1 N–H and O–H groups in total. The molecule has 0 unspecified atom stereocenters. The molecule has 0 radical (unpaired) electrons. The summed E-state index contributed by atoms with van der Waals surface area (Å²) < 4.78 is 19.5. The second-order valence-electron chi connectivity index (χ2n) is 10.6. The number of amides is 1. The second kappa shape index (κ2) is 12.7. The van der Waals surface area contributed by atoms with Crippen LogP contribution in [-0.4, -0.2) is 22.9 Å². The van der Waals surface area contributed by atoms with Crippen LogP contribution in [0.25, 0.3) is 10.8 Å². The predicted molar refractivity (Wildman–Crippen MR) is 147 cm³/mol. The Bertz CT molecular complexity index is 1240. The Morgan fingerprint density at radius 3 is 2.41 bits per heavy atom. The Balaban J connectivity index is 2.07. The molecule has 1 heterocycles. The average molecular weight is 509 g/mol. The van der Waals surface area contributed by atoms with Crippen LogP contribution in [0.15, 0.2) is 53.3 Å². The Morgan fingerprint density at radius 2 is 1.76 bits per heavy atom. The molecule has 1 amide bonds. The van der Waals surface area contributed by atoms with Gasteiger partial charge in [-0.3, -0.25) is 4.79 Å². The molecule has 3 rings (SSSR count). The van der Waals surface area contributed by atoms with Crippen molar-refractivity contribution in [3.05, 3.63) is 70.1 Å². The topological polar surface area (TPSA) is 78.8 Å². The van der Waals surface area contributed by atoms with E-state index >= 15 is 0 Å². The Kier molecular flexibility index (Phi) is 9.61. The number of aromatic nitrogens is 1. The largest absolute Gasteiger partial charge is 0.491 e. The van der Waals surface area contributed by atoms with Crippen molar-refractivity contribution in [3.63, 3.8) is 0 Å². The van der Waals surface area contributed by atoms with Crippen molar-refractivity contribution in [2.45, 2.75) is 79.7 Å². The molecule has 0 spiro atoms. The first-order valence-electron chi connectivity index (χ1n) is 13.0. The maximum absolute atomic E-state index is 13.7. The van der Waals surface area contributed by atoms with Crippen LogP contribution >= 0.6 is 0 Å². The summed E-state index contributed by atoms with van der Waals surface area (Å²) in [7, 11) is 0. The average Bonchev–Trinajstić information content (AvgIpc) is 2.84. The van der Waals surface area contributed by atoms with E-state index in [2.05, 4.69) is 26.1 Å². The normalized spacial score (nSPS) is 11.5. The van der Waals surface area contributed by atoms with Crippen LogP contribution in [0, 0.1) is 5.92 Å². The van der Waals surface area contributed by atoms with Gasteiger partial charge in [0.15, 0.2) is 0 Å². The lowest BCUT2D eigenvalue weighted by Crippen LogP contribution is -2.35. The minimum absolute atomic E-state index is 0.101. The standard InChI is InChI=1S/C30H40N2O5/c1-7-8-16-35-27-25-17-23(36-20-22-12-10-9-11-13-22)14-15-24(25)28(33)32(19-21(2)3)26(27)18-31-29(34)37-30(4,5)6/h9-15,17,21H,7-8,16,18-20H2,1-6H3,(H,31,34). The zero-order chi connectivity index (χ0) is 27.0. The van der Waals surface area contributed by atoms with Gasteiger partial charge >= 0.3 is 6.09 Å². The molecule has 7 heteroatoms. The fraction of sp³-hybridized carbons (Fsp3) is 0.467. The van der Waals surface area contributed by atoms with Gasteiger partial charge in [0.05, 0.1) is 24.2 Å². The third kappa shape index (κ3) is 8.00. The fourth-order valence-electron chi connectivity index (χ4n) is 3.96. The summed E-state index contributed by atoms with van der Waals surface area (Å²) in [5, 5.41) is 4.05. The maximum Gasteiger partial charge on any atom is 0.407 e. The van der Waals surface area contributed by atoms with E-state index in [1.807, 2.05) is 63.2 Å². The van der Waals surface area contributed by atoms with Crippen LogP contribution < -0.4 is 20.3 Å². The summed E-state index contributed by atoms with van der Waals surface area (Å²) in [6, 6.07) is 15.4. The monoisotopic (exact) mass is 508 g/mol. The number of unbranched alkanes of at least 4 members (excludes halogenated alkanes) is 1. The quantitative estimate of drug-likeness (QED) is 0.302. The van der Waals surface area contributed by atoms with Gasteiger partial charge in [-0.25, -0.2) is 4.79 Å². The first-order chi connectivity index (χ1) is 17.6. The summed E-state index contributed by atoms with van der Waals surface area (Å²) in [6.07, 6.45) is 1.30. The van der Waals surface area contributed by atoms with Crippen LogP contribution in [0.4, 0.5) is 4.79 Å². The number of nitrogens with one attached hydrogen (secondary N) is 1. The summed E-state index contributed by atoms with van der Waals surface area (Å²) in [5.41, 5.74) is 0.920. The number of alkyl carbamates (subject to hydrolysis) is 1. The number of carbonyl (C=O) groups is 1. The minimum Gasteiger partial charge on any atom is -0.491 e. The molecule has 0 aliphatic carbocycles. The van der Waals surface area contributed by atoms with Gasteiger partial charge in [0.1, 0.15) is 23.7 Å². The highest BCUT2D eigenvalue weighted by Crippen LogP contribution is 2.32. The SMILES string of the molecule is CCCCOc1c(CNC(=O)OC(C)(C)C)n(CC(C)C)c(=O)c2ccc(OCc3ccccc3)cc12. The van der Waals surface area contributed by atoms with Gasteiger partial charge in [-0.05, 0) is 56.9 Å². The number of benzene rings is 2. The van der Waals surface area contributed by atoms with Crippen LogP contribution in [0.3, 0.4) is 0 Å². The van der Waals surface area contributed by atoms with Crippen molar-refractivity contribution in [1.82, 2.24) is 9.88 Å². The summed E-state index contributed by atoms with van der Waals surface area (Å²) in [6.45, 7) is 13.2. The molecule has 3 aromatic rings. The van der Waals surface area contributed by atoms with Crippen molar-refractivity contribution in [2.75, 3.05) is 6.61 Å². The highest BCUT2D eigenvalue weighted by atomic mass is 16.6. The highest BCUT2D eigenvalue weighted by Gasteiger charge is 2.22. The van der Waals surface area contributed by atoms with Gasteiger partial charge < -0.3 is 24.1 Å². The molecule has 0 aliphatic heterocycles. The Labute approximate surface area is 219 Å². The summed E-state index contributed by atoms with van der Waals surface area (Å²) in [4.78, 5) is 26.1. The van der Waals surface area contributed by atoms with Gasteiger partial charge in [-0.15, -0.1) is 0 Å². The predicted octanol–water partition coefficient (Wildman–Crippen LogP) is 6.44. The van der Waals surface area contributed by atoms with Crippen LogP contribution in [0.5, 0.6) is 11.5 Å². The minimum atomic E-state index is -0.628. The van der Waals surface area contributed by atoms with E-state index in [1.165, 1.54) is 0 Å². The van der Waals surface area contributed by atoms with Crippen LogP contribution in [0.2, 0.25) is 0 Å². The van der Waals surface area contributed by atoms with Crippen molar-refractivity contribution in [2.24, 2.45) is 5.92 Å². The van der Waals surface area contributed by atoms with Crippen molar-refractivity contribution < 1.29 is 19.0 Å². The van der Waals surface area contributed by atoms with Gasteiger partial charge in [-0.1, -0.05) is 57.5 Å². The smallest absolute Gasteiger partial charge is 0.407 e. The molecule has 2 aromatic carbocycles. The number of hydrogen-bond donors (Lipinski definition) is 1. The number of pyridine rings is 1. The van der Waals surface area contributed by atoms with E-state index < -0.39 is 11.7 Å². The molecule has 0 fully saturated rings. The van der Waals surface area contributed by atoms with E-state index in [9.17, 15) is 9.59 Å². The molecule has 0 saturated heterocycles. The highest BCUT2D eigenvalue weighted by molar-refractivity contribution is 5.90. The van der Waals surface area contributed by atoms with Crippen molar-refractivity contribution >= 4 is 16.9 Å². The number of hydrogen-bond acceptors (Lipinski definition) is 5. The third-order valence-electron chi connectivity index (χ3n) is 5.64. The lowest BCUT2D eigenvalue weighted by atomic mass is 10.1. The molecule has 1 aromatic heterocycles. The van der Waals surface area contributed by atoms with Gasteiger partial charge in [-0.2, -0.15) is 0 Å². The lowest BCUT2D eigenvalue weighted by Gasteiger charge is -2.23. The van der Waals surface area contributed by atoms with Crippen molar-refractivity contribution in [1.29, 1.82) is 0 Å². The maximum atomic E-state index is 13.7. The fourth-order valence-corrected chi connectivity index (χ4v) is 3.96. The summed E-state index contributed by atoms with van der Waals surface area (Å²) in [5.74, 6) is 1.45. The number of carbonyl (C=O) groups excluding carboxylic acids is 1. The molecular formula is C30H40N2O5. The van der Waals surface area contributed by atoms with E-state index in [0.717, 1.165) is 18.4 Å². The molecule has 0 aliphatic rings. The molecule has 200 valence electrons. The number of fused-ring (bicyclic) bond motifs is 1. The first-order valence-corrected chi connectivity index (χ1v) is 13.0. The lowest BCUT2D eigenvalue weighted by molar-refractivity contribution is 0.0521. The molecule has 0 saturated carbocycles. The van der Waals surface area contributed by atoms with Gasteiger partial charge in [0.2, 0.25) is 0 Å². The summed E-state index contributed by atoms with van der Waals surface area (Å²) >= 11 is 0. The van der Waals surface area contributed by atoms with E-state index in [4.69, 9.17) is 14.2 Å². The Morgan fingerprint density at radius 1 is 1.03 bits per heavy atom. The number of nitrogens with zero attached hydrogens (tertiary/aromatic N) is 1. The zero-order valence-corrected chi connectivity index (χ0v) is 22.9. The third-order valence-corrected chi connectivity index (χ3v) is 5.64. The number of ether oxygens (including phenoxy) is 3. The molecular weight excluding hydrogens is 468 g/mol.